The Morgan fingerprint density at radius 1 is 1.31 bits per heavy atom. The Bertz CT molecular complexity index is 706. The van der Waals surface area contributed by atoms with Crippen LogP contribution < -0.4 is 11.1 Å². The average Bonchev–Trinajstić information content (AvgIpc) is 2.98. The van der Waals surface area contributed by atoms with Gasteiger partial charge in [0, 0.05) is 38.3 Å². The molecule has 142 valence electrons. The first kappa shape index (κ1) is 20.2. The van der Waals surface area contributed by atoms with Gasteiger partial charge in [-0.3, -0.25) is 14.4 Å². The fraction of sp³-hybridized carbons (Fsp3) is 0.500. The van der Waals surface area contributed by atoms with Gasteiger partial charge in [-0.2, -0.15) is 0 Å². The molecule has 1 aliphatic heterocycles. The van der Waals surface area contributed by atoms with Crippen molar-refractivity contribution in [3.63, 3.8) is 0 Å². The van der Waals surface area contributed by atoms with Gasteiger partial charge >= 0.3 is 0 Å². The van der Waals surface area contributed by atoms with Gasteiger partial charge in [0.25, 0.3) is 5.91 Å². The molecular weight excluding hydrogens is 356 g/mol. The number of likely N-dealkylation sites (N-methyl/N-ethyl adjacent to an activating group) is 1. The summed E-state index contributed by atoms with van der Waals surface area (Å²) in [6, 6.07) is 3.83. The molecule has 3 amide bonds. The highest BCUT2D eigenvalue weighted by Crippen LogP contribution is 2.27. The standard InChI is InChI=1S/C18H25ClN4O3/c1-4-22(5-2)18(26)16-8-12(20)10-23(16)17(25)14-9-13(21-11(3)24)6-7-15(14)19/h6-7,9,12,16H,4-5,8,10,20H2,1-3H3,(H,21,24)/t12-,16-/m0/s1. The third-order valence-corrected chi connectivity index (χ3v) is 4.80. The van der Waals surface area contributed by atoms with E-state index in [1.807, 2.05) is 13.8 Å². The molecule has 7 nitrogen and oxygen atoms in total. The van der Waals surface area contributed by atoms with Crippen LogP contribution in [0.1, 0.15) is 37.6 Å². The van der Waals surface area contributed by atoms with Gasteiger partial charge in [-0.05, 0) is 38.5 Å². The van der Waals surface area contributed by atoms with Crippen LogP contribution in [0.15, 0.2) is 18.2 Å². The lowest BCUT2D eigenvalue weighted by Gasteiger charge is -2.29. The summed E-state index contributed by atoms with van der Waals surface area (Å²) in [7, 11) is 0. The molecule has 0 bridgehead atoms. The number of rotatable bonds is 5. The summed E-state index contributed by atoms with van der Waals surface area (Å²) in [5.41, 5.74) is 6.74. The van der Waals surface area contributed by atoms with Crippen LogP contribution in [0, 0.1) is 0 Å². The number of carbonyl (C=O) groups excluding carboxylic acids is 3. The summed E-state index contributed by atoms with van der Waals surface area (Å²) in [5.74, 6) is -0.713. The number of hydrogen-bond acceptors (Lipinski definition) is 4. The van der Waals surface area contributed by atoms with E-state index in [1.54, 1.807) is 17.0 Å². The summed E-state index contributed by atoms with van der Waals surface area (Å²) in [6.07, 6.45) is 0.421. The zero-order valence-electron chi connectivity index (χ0n) is 15.3. The summed E-state index contributed by atoms with van der Waals surface area (Å²) in [6.45, 7) is 6.61. The molecule has 8 heteroatoms. The van der Waals surface area contributed by atoms with E-state index in [-0.39, 0.29) is 40.9 Å². The van der Waals surface area contributed by atoms with Gasteiger partial charge in [-0.1, -0.05) is 11.6 Å². The molecule has 0 unspecified atom stereocenters. The molecule has 3 N–H and O–H groups in total. The molecular formula is C18H25ClN4O3. The van der Waals surface area contributed by atoms with Crippen molar-refractivity contribution in [3.05, 3.63) is 28.8 Å². The molecule has 1 aromatic carbocycles. The Morgan fingerprint density at radius 3 is 2.54 bits per heavy atom. The molecule has 0 aromatic heterocycles. The lowest BCUT2D eigenvalue weighted by Crippen LogP contribution is -2.47. The van der Waals surface area contributed by atoms with E-state index < -0.39 is 6.04 Å². The largest absolute Gasteiger partial charge is 0.341 e. The lowest BCUT2D eigenvalue weighted by atomic mass is 10.1. The quantitative estimate of drug-likeness (QED) is 0.812. The summed E-state index contributed by atoms with van der Waals surface area (Å²) < 4.78 is 0. The maximum Gasteiger partial charge on any atom is 0.256 e. The number of amides is 3. The molecule has 1 aromatic rings. The maximum atomic E-state index is 13.1. The van der Waals surface area contributed by atoms with Crippen molar-refractivity contribution in [2.24, 2.45) is 5.73 Å². The van der Waals surface area contributed by atoms with Crippen LogP contribution in [-0.2, 0) is 9.59 Å². The number of hydrogen-bond donors (Lipinski definition) is 2. The normalized spacial score (nSPS) is 19.3. The number of likely N-dealkylation sites (tertiary alicyclic amines) is 1. The zero-order chi connectivity index (χ0) is 19.4. The monoisotopic (exact) mass is 380 g/mol. The Labute approximate surface area is 158 Å². The Morgan fingerprint density at radius 2 is 1.96 bits per heavy atom. The van der Waals surface area contributed by atoms with Gasteiger partial charge in [0.05, 0.1) is 10.6 Å². The van der Waals surface area contributed by atoms with E-state index in [2.05, 4.69) is 5.32 Å². The Hall–Kier alpha value is -2.12. The number of benzene rings is 1. The molecule has 1 saturated heterocycles. The van der Waals surface area contributed by atoms with Crippen molar-refractivity contribution in [2.75, 3.05) is 25.0 Å². The SMILES string of the molecule is CCN(CC)C(=O)[C@@H]1C[C@H](N)CN1C(=O)c1cc(NC(C)=O)ccc1Cl. The molecule has 0 spiro atoms. The van der Waals surface area contributed by atoms with Crippen LogP contribution in [0.4, 0.5) is 5.69 Å². The first-order valence-electron chi connectivity index (χ1n) is 8.70. The smallest absolute Gasteiger partial charge is 0.256 e. The van der Waals surface area contributed by atoms with Crippen molar-refractivity contribution < 1.29 is 14.4 Å². The van der Waals surface area contributed by atoms with E-state index in [0.29, 0.717) is 25.2 Å². The first-order valence-corrected chi connectivity index (χ1v) is 9.08. The second-order valence-electron chi connectivity index (χ2n) is 6.36. The van der Waals surface area contributed by atoms with E-state index in [0.717, 1.165) is 0 Å². The first-order chi connectivity index (χ1) is 12.3. The van der Waals surface area contributed by atoms with Crippen molar-refractivity contribution in [1.29, 1.82) is 0 Å². The number of nitrogens with one attached hydrogen (secondary N) is 1. The molecule has 1 fully saturated rings. The summed E-state index contributed by atoms with van der Waals surface area (Å²) >= 11 is 6.20. The minimum Gasteiger partial charge on any atom is -0.341 e. The topological polar surface area (TPSA) is 95.7 Å². The number of carbonyl (C=O) groups is 3. The molecule has 2 rings (SSSR count). The lowest BCUT2D eigenvalue weighted by molar-refractivity contribution is -0.134. The highest BCUT2D eigenvalue weighted by molar-refractivity contribution is 6.34. The number of nitrogens with zero attached hydrogens (tertiary/aromatic N) is 2. The Balaban J connectivity index is 2.31. The Kier molecular flexibility index (Phi) is 6.61. The van der Waals surface area contributed by atoms with Crippen LogP contribution in [-0.4, -0.2) is 59.2 Å². The molecule has 1 heterocycles. The number of nitrogens with two attached hydrogens (primary N) is 1. The minimum absolute atomic E-state index is 0.106. The third kappa shape index (κ3) is 4.34. The van der Waals surface area contributed by atoms with Gasteiger partial charge in [-0.15, -0.1) is 0 Å². The van der Waals surface area contributed by atoms with Crippen LogP contribution >= 0.6 is 11.6 Å². The van der Waals surface area contributed by atoms with E-state index in [1.165, 1.54) is 17.9 Å². The number of anilines is 1. The van der Waals surface area contributed by atoms with Crippen LogP contribution in [0.2, 0.25) is 5.02 Å². The van der Waals surface area contributed by atoms with Crippen molar-refractivity contribution >= 4 is 35.0 Å². The van der Waals surface area contributed by atoms with E-state index in [4.69, 9.17) is 17.3 Å². The second-order valence-corrected chi connectivity index (χ2v) is 6.76. The van der Waals surface area contributed by atoms with Gasteiger partial charge in [0.15, 0.2) is 0 Å². The summed E-state index contributed by atoms with van der Waals surface area (Å²) in [4.78, 5) is 40.3. The van der Waals surface area contributed by atoms with Gasteiger partial charge in [0.2, 0.25) is 11.8 Å². The van der Waals surface area contributed by atoms with Crippen molar-refractivity contribution in [3.8, 4) is 0 Å². The molecule has 26 heavy (non-hydrogen) atoms. The predicted octanol–water partition coefficient (Wildman–Crippen LogP) is 1.71. The number of halogens is 1. The van der Waals surface area contributed by atoms with Crippen LogP contribution in [0.5, 0.6) is 0 Å². The van der Waals surface area contributed by atoms with E-state index in [9.17, 15) is 14.4 Å². The second kappa shape index (κ2) is 8.51. The third-order valence-electron chi connectivity index (χ3n) is 4.47. The maximum absolute atomic E-state index is 13.1. The summed E-state index contributed by atoms with van der Waals surface area (Å²) in [5, 5.41) is 2.89. The fourth-order valence-corrected chi connectivity index (χ4v) is 3.40. The van der Waals surface area contributed by atoms with Crippen LogP contribution in [0.3, 0.4) is 0 Å². The van der Waals surface area contributed by atoms with E-state index >= 15 is 0 Å². The average molecular weight is 381 g/mol. The molecule has 2 atom stereocenters. The van der Waals surface area contributed by atoms with Crippen LogP contribution in [0.25, 0.3) is 0 Å². The molecule has 0 saturated carbocycles. The minimum atomic E-state index is -0.599. The van der Waals surface area contributed by atoms with Gasteiger partial charge in [0.1, 0.15) is 6.04 Å². The van der Waals surface area contributed by atoms with Crippen molar-refractivity contribution in [2.45, 2.75) is 39.3 Å². The fourth-order valence-electron chi connectivity index (χ4n) is 3.20. The molecule has 0 aliphatic carbocycles. The predicted molar refractivity (Wildman–Crippen MR) is 101 cm³/mol. The molecule has 1 aliphatic rings. The highest BCUT2D eigenvalue weighted by Gasteiger charge is 2.40. The van der Waals surface area contributed by atoms with Gasteiger partial charge < -0.3 is 20.9 Å². The zero-order valence-corrected chi connectivity index (χ0v) is 16.0. The molecule has 0 radical (unpaired) electrons. The highest BCUT2D eigenvalue weighted by atomic mass is 35.5. The van der Waals surface area contributed by atoms with Gasteiger partial charge in [-0.25, -0.2) is 0 Å². The van der Waals surface area contributed by atoms with Crippen molar-refractivity contribution in [1.82, 2.24) is 9.80 Å².